The van der Waals surface area contributed by atoms with Crippen molar-refractivity contribution in [3.63, 3.8) is 0 Å². The molecule has 2 aromatic carbocycles. The topological polar surface area (TPSA) is 137 Å². The number of aromatic nitrogens is 1. The number of halogens is 1. The summed E-state index contributed by atoms with van der Waals surface area (Å²) in [6.45, 7) is 0. The van der Waals surface area contributed by atoms with E-state index in [9.17, 15) is 29.8 Å². The lowest BCUT2D eigenvalue weighted by Gasteiger charge is -2.26. The summed E-state index contributed by atoms with van der Waals surface area (Å²) in [5, 5.41) is 22.3. The zero-order valence-corrected chi connectivity index (χ0v) is 15.2. The first kappa shape index (κ1) is 17.7. The maximum atomic E-state index is 13.0. The van der Waals surface area contributed by atoms with Gasteiger partial charge in [-0.05, 0) is 40.2 Å². The van der Waals surface area contributed by atoms with Gasteiger partial charge in [-0.3, -0.25) is 29.8 Å². The number of non-ortho nitro benzene ring substituents is 2. The van der Waals surface area contributed by atoms with E-state index < -0.39 is 33.0 Å². The van der Waals surface area contributed by atoms with Crippen LogP contribution in [-0.2, 0) is 0 Å². The van der Waals surface area contributed by atoms with Crippen LogP contribution in [0.5, 0.6) is 0 Å². The van der Waals surface area contributed by atoms with Crippen molar-refractivity contribution >= 4 is 55.7 Å². The highest BCUT2D eigenvalue weighted by Gasteiger charge is 2.38. The highest BCUT2D eigenvalue weighted by atomic mass is 79.9. The summed E-state index contributed by atoms with van der Waals surface area (Å²) in [6, 6.07) is 7.48. The van der Waals surface area contributed by atoms with Crippen molar-refractivity contribution in [3.05, 3.63) is 78.4 Å². The van der Waals surface area contributed by atoms with Crippen LogP contribution in [0.3, 0.4) is 0 Å². The number of nitrogens with zero attached hydrogens (tertiary/aromatic N) is 4. The number of nitro benzene ring substituents is 2. The van der Waals surface area contributed by atoms with Gasteiger partial charge in [0.05, 0.1) is 9.85 Å². The van der Waals surface area contributed by atoms with Crippen molar-refractivity contribution in [2.45, 2.75) is 0 Å². The molecule has 138 valence electrons. The molecule has 2 heterocycles. The molecule has 0 bridgehead atoms. The largest absolute Gasteiger partial charge is 0.284 e. The Morgan fingerprint density at radius 3 is 1.79 bits per heavy atom. The molecule has 1 aromatic heterocycles. The van der Waals surface area contributed by atoms with E-state index >= 15 is 0 Å². The Morgan fingerprint density at radius 1 is 0.821 bits per heavy atom. The number of hydrogen-bond donors (Lipinski definition) is 0. The normalized spacial score (nSPS) is 13.1. The monoisotopic (exact) mass is 442 g/mol. The number of anilines is 1. The van der Waals surface area contributed by atoms with Gasteiger partial charge in [0.15, 0.2) is 0 Å². The standard InChI is InChI=1S/C17H7BrN4O6/c18-8-1-6-13(19-7-8)20-16(23)9-2-4-11(21(25)26)15-12(22(27)28)5-3-10(14(9)15)17(20)24/h1-7H. The van der Waals surface area contributed by atoms with Gasteiger partial charge in [0.25, 0.3) is 23.2 Å². The Bertz CT molecular complexity index is 1160. The lowest BCUT2D eigenvalue weighted by molar-refractivity contribution is -0.390. The summed E-state index contributed by atoms with van der Waals surface area (Å²) in [6.07, 6.45) is 1.41. The minimum atomic E-state index is -0.784. The highest BCUT2D eigenvalue weighted by Crippen LogP contribution is 2.41. The molecule has 0 atom stereocenters. The van der Waals surface area contributed by atoms with E-state index in [-0.39, 0.29) is 27.7 Å². The number of pyridine rings is 1. The molecule has 0 radical (unpaired) electrons. The average Bonchev–Trinajstić information content (AvgIpc) is 2.66. The van der Waals surface area contributed by atoms with Crippen molar-refractivity contribution in [1.29, 1.82) is 0 Å². The van der Waals surface area contributed by atoms with Crippen molar-refractivity contribution in [2.75, 3.05) is 4.90 Å². The Kier molecular flexibility index (Phi) is 3.89. The predicted molar refractivity (Wildman–Crippen MR) is 100 cm³/mol. The Balaban J connectivity index is 2.05. The maximum Gasteiger partial charge on any atom is 0.284 e. The van der Waals surface area contributed by atoms with Crippen LogP contribution in [0.1, 0.15) is 20.7 Å². The van der Waals surface area contributed by atoms with Gasteiger partial charge in [-0.2, -0.15) is 0 Å². The van der Waals surface area contributed by atoms with E-state index in [1.165, 1.54) is 24.4 Å². The van der Waals surface area contributed by atoms with Crippen LogP contribution in [0.15, 0.2) is 47.1 Å². The summed E-state index contributed by atoms with van der Waals surface area (Å²) < 4.78 is 0.641. The quantitative estimate of drug-likeness (QED) is 0.343. The number of carbonyl (C=O) groups excluding carboxylic acids is 2. The second-order valence-corrected chi connectivity index (χ2v) is 6.72. The molecule has 1 aliphatic heterocycles. The summed E-state index contributed by atoms with van der Waals surface area (Å²) in [7, 11) is 0. The molecule has 28 heavy (non-hydrogen) atoms. The Hall–Kier alpha value is -3.73. The number of amides is 2. The van der Waals surface area contributed by atoms with Crippen molar-refractivity contribution in [3.8, 4) is 0 Å². The average molecular weight is 443 g/mol. The molecule has 0 saturated carbocycles. The minimum Gasteiger partial charge on any atom is -0.268 e. The first-order chi connectivity index (χ1) is 13.3. The number of carbonyl (C=O) groups is 2. The molecule has 0 unspecified atom stereocenters. The third-order valence-corrected chi connectivity index (χ3v) is 4.79. The molecule has 10 nitrogen and oxygen atoms in total. The zero-order valence-electron chi connectivity index (χ0n) is 13.7. The molecule has 2 amide bonds. The molecule has 0 aliphatic carbocycles. The summed E-state index contributed by atoms with van der Waals surface area (Å²) >= 11 is 3.21. The Labute approximate surface area is 163 Å². The number of nitro groups is 2. The number of imide groups is 1. The molecule has 1 aliphatic rings. The van der Waals surface area contributed by atoms with Crippen molar-refractivity contribution < 1.29 is 19.4 Å². The van der Waals surface area contributed by atoms with Crippen LogP contribution < -0.4 is 4.90 Å². The molecule has 3 aromatic rings. The van der Waals surface area contributed by atoms with Crippen molar-refractivity contribution in [1.82, 2.24) is 4.98 Å². The lowest BCUT2D eigenvalue weighted by atomic mass is 9.92. The first-order valence-corrected chi connectivity index (χ1v) is 8.49. The van der Waals surface area contributed by atoms with E-state index in [2.05, 4.69) is 20.9 Å². The summed E-state index contributed by atoms with van der Waals surface area (Å²) in [5.41, 5.74) is -1.21. The van der Waals surface area contributed by atoms with Crippen LogP contribution in [0, 0.1) is 20.2 Å². The molecule has 0 N–H and O–H groups in total. The van der Waals surface area contributed by atoms with Crippen LogP contribution in [0.4, 0.5) is 17.2 Å². The second-order valence-electron chi connectivity index (χ2n) is 5.81. The molecular formula is C17H7BrN4O6. The van der Waals surface area contributed by atoms with Crippen molar-refractivity contribution in [2.24, 2.45) is 0 Å². The number of rotatable bonds is 3. The van der Waals surface area contributed by atoms with Gasteiger partial charge in [0.2, 0.25) is 0 Å². The third-order valence-electron chi connectivity index (χ3n) is 4.32. The minimum absolute atomic E-state index is 0.0522. The lowest BCUT2D eigenvalue weighted by Crippen LogP contribution is -2.41. The fraction of sp³-hybridized carbons (Fsp3) is 0. The predicted octanol–water partition coefficient (Wildman–Crippen LogP) is 3.61. The van der Waals surface area contributed by atoms with Gasteiger partial charge in [-0.15, -0.1) is 0 Å². The Morgan fingerprint density at radius 2 is 1.36 bits per heavy atom. The van der Waals surface area contributed by atoms with Gasteiger partial charge in [0, 0.05) is 39.3 Å². The van der Waals surface area contributed by atoms with E-state index in [0.29, 0.717) is 4.47 Å². The number of hydrogen-bond acceptors (Lipinski definition) is 7. The molecule has 4 rings (SSSR count). The van der Waals surface area contributed by atoms with E-state index in [1.54, 1.807) is 6.07 Å². The number of benzene rings is 2. The van der Waals surface area contributed by atoms with Gasteiger partial charge in [-0.1, -0.05) is 0 Å². The third kappa shape index (κ3) is 2.44. The van der Waals surface area contributed by atoms with Crippen LogP contribution in [0.2, 0.25) is 0 Å². The molecular weight excluding hydrogens is 436 g/mol. The molecule has 0 fully saturated rings. The van der Waals surface area contributed by atoms with Gasteiger partial charge in [0.1, 0.15) is 11.2 Å². The van der Waals surface area contributed by atoms with E-state index in [0.717, 1.165) is 17.0 Å². The van der Waals surface area contributed by atoms with Crippen LogP contribution in [-0.4, -0.2) is 26.6 Å². The SMILES string of the molecule is O=C1c2ccc([N+](=O)[O-])c3c([N+](=O)[O-])ccc(c23)C(=O)N1c1ccc(Br)cn1. The van der Waals surface area contributed by atoms with E-state index in [4.69, 9.17) is 0 Å². The fourth-order valence-electron chi connectivity index (χ4n) is 3.16. The highest BCUT2D eigenvalue weighted by molar-refractivity contribution is 9.10. The van der Waals surface area contributed by atoms with Gasteiger partial charge < -0.3 is 0 Å². The first-order valence-electron chi connectivity index (χ1n) is 7.70. The van der Waals surface area contributed by atoms with Crippen LogP contribution in [0.25, 0.3) is 10.8 Å². The van der Waals surface area contributed by atoms with E-state index in [1.807, 2.05) is 0 Å². The summed E-state index contributed by atoms with van der Waals surface area (Å²) in [4.78, 5) is 52.0. The van der Waals surface area contributed by atoms with Gasteiger partial charge in [-0.25, -0.2) is 9.88 Å². The molecule has 11 heteroatoms. The van der Waals surface area contributed by atoms with Crippen LogP contribution >= 0.6 is 15.9 Å². The zero-order chi connectivity index (χ0) is 20.2. The smallest absolute Gasteiger partial charge is 0.268 e. The molecule has 0 spiro atoms. The molecule has 0 saturated heterocycles. The fourth-order valence-corrected chi connectivity index (χ4v) is 3.40. The summed E-state index contributed by atoms with van der Waals surface area (Å²) in [5.74, 6) is -1.48. The second kappa shape index (κ2) is 6.16. The maximum absolute atomic E-state index is 13.0. The van der Waals surface area contributed by atoms with Gasteiger partial charge >= 0.3 is 0 Å².